The quantitative estimate of drug-likeness (QED) is 0.217. The van der Waals surface area contributed by atoms with E-state index in [0.29, 0.717) is 17.5 Å². The van der Waals surface area contributed by atoms with Crippen molar-refractivity contribution in [2.45, 2.75) is 20.3 Å². The maximum absolute atomic E-state index is 12.4. The molecule has 30 heavy (non-hydrogen) atoms. The SMILES string of the molecule is CCCNC(=O)c1cc2ccc(OC(=O)c3ccc([N+](=O)[O-])c(C)c3)cc2oc1=O. The molecule has 3 aromatic rings. The first-order chi connectivity index (χ1) is 14.3. The van der Waals surface area contributed by atoms with Gasteiger partial charge in [-0.2, -0.15) is 0 Å². The summed E-state index contributed by atoms with van der Waals surface area (Å²) in [6, 6.07) is 9.72. The predicted molar refractivity (Wildman–Crippen MR) is 108 cm³/mol. The second-order valence-corrected chi connectivity index (χ2v) is 6.55. The molecule has 1 N–H and O–H groups in total. The van der Waals surface area contributed by atoms with Crippen LogP contribution in [0, 0.1) is 17.0 Å². The monoisotopic (exact) mass is 410 g/mol. The minimum Gasteiger partial charge on any atom is -0.423 e. The Kier molecular flexibility index (Phi) is 5.91. The molecule has 0 aliphatic rings. The van der Waals surface area contributed by atoms with E-state index in [4.69, 9.17) is 9.15 Å². The second kappa shape index (κ2) is 8.56. The average molecular weight is 410 g/mol. The van der Waals surface area contributed by atoms with Gasteiger partial charge in [-0.05, 0) is 43.7 Å². The molecule has 0 saturated carbocycles. The van der Waals surface area contributed by atoms with Crippen molar-refractivity contribution >= 4 is 28.5 Å². The zero-order chi connectivity index (χ0) is 21.8. The molecule has 1 amide bonds. The van der Waals surface area contributed by atoms with Crippen molar-refractivity contribution < 1.29 is 23.7 Å². The van der Waals surface area contributed by atoms with Gasteiger partial charge in [-0.1, -0.05) is 6.92 Å². The molecule has 154 valence electrons. The van der Waals surface area contributed by atoms with Crippen molar-refractivity contribution in [1.82, 2.24) is 5.32 Å². The van der Waals surface area contributed by atoms with Crippen LogP contribution in [0.3, 0.4) is 0 Å². The molecule has 0 aliphatic heterocycles. The smallest absolute Gasteiger partial charge is 0.349 e. The fourth-order valence-corrected chi connectivity index (χ4v) is 2.80. The molecule has 0 atom stereocenters. The Morgan fingerprint density at radius 1 is 1.17 bits per heavy atom. The van der Waals surface area contributed by atoms with Crippen LogP contribution in [0.5, 0.6) is 5.75 Å². The van der Waals surface area contributed by atoms with Gasteiger partial charge in [0.1, 0.15) is 16.9 Å². The van der Waals surface area contributed by atoms with Crippen LogP contribution < -0.4 is 15.7 Å². The molecule has 2 aromatic carbocycles. The number of carbonyl (C=O) groups is 2. The van der Waals surface area contributed by atoms with Crippen LogP contribution in [0.4, 0.5) is 5.69 Å². The Balaban J connectivity index is 1.84. The van der Waals surface area contributed by atoms with Crippen LogP contribution in [0.25, 0.3) is 11.0 Å². The van der Waals surface area contributed by atoms with Crippen molar-refractivity contribution in [3.05, 3.63) is 79.7 Å². The third kappa shape index (κ3) is 4.35. The number of nitrogens with one attached hydrogen (secondary N) is 1. The van der Waals surface area contributed by atoms with Crippen LogP contribution in [0.1, 0.15) is 39.6 Å². The summed E-state index contributed by atoms with van der Waals surface area (Å²) >= 11 is 0. The number of nitro benzene ring substituents is 1. The summed E-state index contributed by atoms with van der Waals surface area (Å²) in [5.41, 5.74) is -0.391. The van der Waals surface area contributed by atoms with Crippen LogP contribution in [0.15, 0.2) is 51.7 Å². The summed E-state index contributed by atoms with van der Waals surface area (Å²) in [5.74, 6) is -1.11. The molecule has 3 rings (SSSR count). The molecule has 0 radical (unpaired) electrons. The van der Waals surface area contributed by atoms with E-state index in [9.17, 15) is 24.5 Å². The Hall–Kier alpha value is -4.01. The largest absolute Gasteiger partial charge is 0.423 e. The van der Waals surface area contributed by atoms with E-state index >= 15 is 0 Å². The normalized spacial score (nSPS) is 10.6. The number of amides is 1. The second-order valence-electron chi connectivity index (χ2n) is 6.55. The lowest BCUT2D eigenvalue weighted by Crippen LogP contribution is -2.28. The molecule has 0 saturated heterocycles. The Morgan fingerprint density at radius 2 is 1.93 bits per heavy atom. The molecule has 1 aromatic heterocycles. The number of fused-ring (bicyclic) bond motifs is 1. The predicted octanol–water partition coefficient (Wildman–Crippen LogP) is 3.37. The number of esters is 1. The van der Waals surface area contributed by atoms with Gasteiger partial charge in [-0.25, -0.2) is 9.59 Å². The highest BCUT2D eigenvalue weighted by molar-refractivity contribution is 5.97. The van der Waals surface area contributed by atoms with Crippen molar-refractivity contribution in [2.75, 3.05) is 6.54 Å². The lowest BCUT2D eigenvalue weighted by atomic mass is 10.1. The summed E-state index contributed by atoms with van der Waals surface area (Å²) in [4.78, 5) is 46.9. The van der Waals surface area contributed by atoms with E-state index in [0.717, 1.165) is 6.42 Å². The molecule has 9 heteroatoms. The zero-order valence-corrected chi connectivity index (χ0v) is 16.3. The van der Waals surface area contributed by atoms with Crippen LogP contribution in [-0.4, -0.2) is 23.3 Å². The van der Waals surface area contributed by atoms with Gasteiger partial charge in [-0.3, -0.25) is 14.9 Å². The average Bonchev–Trinajstić information content (AvgIpc) is 2.71. The van der Waals surface area contributed by atoms with Gasteiger partial charge in [0.25, 0.3) is 11.6 Å². The number of ether oxygens (including phenoxy) is 1. The van der Waals surface area contributed by atoms with E-state index in [1.807, 2.05) is 6.92 Å². The summed E-state index contributed by atoms with van der Waals surface area (Å²) < 4.78 is 10.5. The van der Waals surface area contributed by atoms with Gasteiger partial charge in [0.2, 0.25) is 0 Å². The topological polar surface area (TPSA) is 129 Å². The zero-order valence-electron chi connectivity index (χ0n) is 16.3. The molecule has 1 heterocycles. The van der Waals surface area contributed by atoms with Crippen molar-refractivity contribution in [1.29, 1.82) is 0 Å². The van der Waals surface area contributed by atoms with Gasteiger partial charge < -0.3 is 14.5 Å². The highest BCUT2D eigenvalue weighted by Gasteiger charge is 2.17. The van der Waals surface area contributed by atoms with Gasteiger partial charge in [-0.15, -0.1) is 0 Å². The number of hydrogen-bond acceptors (Lipinski definition) is 7. The van der Waals surface area contributed by atoms with Crippen molar-refractivity contribution in [3.63, 3.8) is 0 Å². The fraction of sp³-hybridized carbons (Fsp3) is 0.190. The standard InChI is InChI=1S/C21H18N2O7/c1-3-8-22-19(24)16-10-13-4-6-15(11-18(13)30-21(16)26)29-20(25)14-5-7-17(23(27)28)12(2)9-14/h4-7,9-11H,3,8H2,1-2H3,(H,22,24). The molecule has 0 unspecified atom stereocenters. The number of carbonyl (C=O) groups excluding carboxylic acids is 2. The van der Waals surface area contributed by atoms with Gasteiger partial charge >= 0.3 is 11.6 Å². The Bertz CT molecular complexity index is 1210. The van der Waals surface area contributed by atoms with Crippen LogP contribution in [0.2, 0.25) is 0 Å². The summed E-state index contributed by atoms with van der Waals surface area (Å²) in [7, 11) is 0. The van der Waals surface area contributed by atoms with Crippen molar-refractivity contribution in [2.24, 2.45) is 0 Å². The summed E-state index contributed by atoms with van der Waals surface area (Å²) in [5, 5.41) is 14.0. The first kappa shape index (κ1) is 20.7. The van der Waals surface area contributed by atoms with E-state index in [1.54, 1.807) is 6.07 Å². The van der Waals surface area contributed by atoms with Crippen LogP contribution in [-0.2, 0) is 0 Å². The molecule has 0 spiro atoms. The van der Waals surface area contributed by atoms with Gasteiger partial charge in [0, 0.05) is 29.6 Å². The minimum absolute atomic E-state index is 0.0993. The third-order valence-electron chi connectivity index (χ3n) is 4.33. The van der Waals surface area contributed by atoms with E-state index in [1.165, 1.54) is 43.3 Å². The van der Waals surface area contributed by atoms with Crippen molar-refractivity contribution in [3.8, 4) is 5.75 Å². The van der Waals surface area contributed by atoms with Gasteiger partial charge in [0.05, 0.1) is 10.5 Å². The highest BCUT2D eigenvalue weighted by atomic mass is 16.6. The first-order valence-corrected chi connectivity index (χ1v) is 9.13. The maximum atomic E-state index is 12.4. The molecular formula is C21H18N2O7. The summed E-state index contributed by atoms with van der Waals surface area (Å²) in [6.07, 6.45) is 0.730. The number of hydrogen-bond donors (Lipinski definition) is 1. The molecule has 0 bridgehead atoms. The molecule has 0 fully saturated rings. The number of nitrogens with zero attached hydrogens (tertiary/aromatic N) is 1. The number of nitro groups is 1. The Morgan fingerprint density at radius 3 is 2.60 bits per heavy atom. The van der Waals surface area contributed by atoms with E-state index in [2.05, 4.69) is 5.32 Å². The van der Waals surface area contributed by atoms with E-state index in [-0.39, 0.29) is 28.1 Å². The third-order valence-corrected chi connectivity index (χ3v) is 4.33. The highest BCUT2D eigenvalue weighted by Crippen LogP contribution is 2.23. The number of rotatable bonds is 6. The Labute approximate surface area is 170 Å². The van der Waals surface area contributed by atoms with Crippen LogP contribution >= 0.6 is 0 Å². The lowest BCUT2D eigenvalue weighted by Gasteiger charge is -2.07. The van der Waals surface area contributed by atoms with E-state index < -0.39 is 22.4 Å². The maximum Gasteiger partial charge on any atom is 0.349 e. The molecule has 0 aliphatic carbocycles. The summed E-state index contributed by atoms with van der Waals surface area (Å²) in [6.45, 7) is 3.85. The lowest BCUT2D eigenvalue weighted by molar-refractivity contribution is -0.385. The van der Waals surface area contributed by atoms with Gasteiger partial charge in [0.15, 0.2) is 0 Å². The molecular weight excluding hydrogens is 392 g/mol. The fourth-order valence-electron chi connectivity index (χ4n) is 2.80. The number of benzene rings is 2. The first-order valence-electron chi connectivity index (χ1n) is 9.13. The molecule has 9 nitrogen and oxygen atoms in total. The minimum atomic E-state index is -0.800. The number of aryl methyl sites for hydroxylation is 1.